The summed E-state index contributed by atoms with van der Waals surface area (Å²) >= 11 is 11.8. The Hall–Kier alpha value is -1.70. The molecule has 0 spiro atoms. The first-order valence-corrected chi connectivity index (χ1v) is 6.46. The lowest BCUT2D eigenvalue weighted by Crippen LogP contribution is -1.91. The van der Waals surface area contributed by atoms with Crippen LogP contribution in [0.2, 0.25) is 10.0 Å². The maximum Gasteiger partial charge on any atom is 0.218 e. The molecule has 2 aromatic rings. The Balaban J connectivity index is 2.30. The summed E-state index contributed by atoms with van der Waals surface area (Å²) in [4.78, 5) is 0. The number of aromatic nitrogens is 2. The molecule has 19 heavy (non-hydrogen) atoms. The number of H-pyrrole nitrogens is 1. The van der Waals surface area contributed by atoms with Crippen molar-refractivity contribution in [2.45, 2.75) is 19.8 Å². The van der Waals surface area contributed by atoms with Gasteiger partial charge in [-0.05, 0) is 24.6 Å². The highest BCUT2D eigenvalue weighted by Gasteiger charge is 2.13. The Bertz CT molecular complexity index is 611. The molecule has 0 aliphatic carbocycles. The zero-order valence-electron chi connectivity index (χ0n) is 10.2. The second-order valence-electron chi connectivity index (χ2n) is 3.87. The molecule has 0 unspecified atom stereocenters. The molecule has 0 bridgehead atoms. The van der Waals surface area contributed by atoms with Gasteiger partial charge < -0.3 is 4.74 Å². The van der Waals surface area contributed by atoms with E-state index in [-0.39, 0.29) is 6.42 Å². The molecule has 2 rings (SSSR count). The van der Waals surface area contributed by atoms with Crippen LogP contribution in [0.15, 0.2) is 18.2 Å². The standard InChI is InChI=1S/C13H11Cl2N3O/c1-2-11-12(3-4-16)17-18-13(11)19-10-6-8(14)5-9(15)7-10/h5-7H,2-3H2,1H3,(H,17,18). The van der Waals surface area contributed by atoms with Crippen molar-refractivity contribution in [2.75, 3.05) is 0 Å². The maximum absolute atomic E-state index is 8.73. The fourth-order valence-electron chi connectivity index (χ4n) is 1.76. The predicted molar refractivity (Wildman–Crippen MR) is 73.8 cm³/mol. The van der Waals surface area contributed by atoms with Gasteiger partial charge in [0.05, 0.1) is 18.2 Å². The molecule has 98 valence electrons. The lowest BCUT2D eigenvalue weighted by Gasteiger charge is -2.06. The number of aromatic amines is 1. The zero-order chi connectivity index (χ0) is 13.8. The Morgan fingerprint density at radius 2 is 2.00 bits per heavy atom. The van der Waals surface area contributed by atoms with Gasteiger partial charge in [0.15, 0.2) is 0 Å². The highest BCUT2D eigenvalue weighted by Crippen LogP contribution is 2.30. The Kier molecular flexibility index (Phi) is 4.31. The molecule has 0 saturated heterocycles. The molecular weight excluding hydrogens is 285 g/mol. The second-order valence-corrected chi connectivity index (χ2v) is 4.75. The van der Waals surface area contributed by atoms with Crippen LogP contribution in [0.5, 0.6) is 11.6 Å². The van der Waals surface area contributed by atoms with Gasteiger partial charge in [-0.2, -0.15) is 10.4 Å². The molecule has 4 nitrogen and oxygen atoms in total. The first-order valence-electron chi connectivity index (χ1n) is 5.71. The van der Waals surface area contributed by atoms with E-state index in [1.54, 1.807) is 18.2 Å². The summed E-state index contributed by atoms with van der Waals surface area (Å²) in [5, 5.41) is 16.6. The first-order chi connectivity index (χ1) is 9.13. The van der Waals surface area contributed by atoms with Crippen molar-refractivity contribution in [2.24, 2.45) is 0 Å². The number of nitrogens with one attached hydrogen (secondary N) is 1. The van der Waals surface area contributed by atoms with Crippen LogP contribution in [0.1, 0.15) is 18.2 Å². The van der Waals surface area contributed by atoms with Gasteiger partial charge in [0.2, 0.25) is 5.88 Å². The van der Waals surface area contributed by atoms with Crippen LogP contribution in [-0.4, -0.2) is 10.2 Å². The minimum Gasteiger partial charge on any atom is -0.439 e. The highest BCUT2D eigenvalue weighted by molar-refractivity contribution is 6.34. The smallest absolute Gasteiger partial charge is 0.218 e. The zero-order valence-corrected chi connectivity index (χ0v) is 11.7. The summed E-state index contributed by atoms with van der Waals surface area (Å²) < 4.78 is 5.69. The number of rotatable bonds is 4. The number of nitrogens with zero attached hydrogens (tertiary/aromatic N) is 2. The van der Waals surface area contributed by atoms with Gasteiger partial charge in [-0.1, -0.05) is 30.1 Å². The van der Waals surface area contributed by atoms with Crippen LogP contribution < -0.4 is 4.74 Å². The molecule has 0 fully saturated rings. The molecule has 1 aromatic carbocycles. The van der Waals surface area contributed by atoms with Crippen LogP contribution in [-0.2, 0) is 12.8 Å². The Morgan fingerprint density at radius 3 is 2.58 bits per heavy atom. The van der Waals surface area contributed by atoms with Crippen LogP contribution in [0.3, 0.4) is 0 Å². The van der Waals surface area contributed by atoms with E-state index in [9.17, 15) is 0 Å². The normalized spacial score (nSPS) is 10.2. The maximum atomic E-state index is 8.73. The van der Waals surface area contributed by atoms with E-state index in [0.29, 0.717) is 27.4 Å². The number of hydrogen-bond donors (Lipinski definition) is 1. The van der Waals surface area contributed by atoms with Crippen LogP contribution in [0.25, 0.3) is 0 Å². The summed E-state index contributed by atoms with van der Waals surface area (Å²) in [5.41, 5.74) is 1.59. The fourth-order valence-corrected chi connectivity index (χ4v) is 2.27. The molecule has 0 aliphatic heterocycles. The van der Waals surface area contributed by atoms with Crippen molar-refractivity contribution in [3.63, 3.8) is 0 Å². The molecule has 0 radical (unpaired) electrons. The van der Waals surface area contributed by atoms with Gasteiger partial charge in [0, 0.05) is 15.6 Å². The van der Waals surface area contributed by atoms with Crippen molar-refractivity contribution in [1.82, 2.24) is 10.2 Å². The van der Waals surface area contributed by atoms with Gasteiger partial charge in [-0.3, -0.25) is 0 Å². The first kappa shape index (κ1) is 13.7. The van der Waals surface area contributed by atoms with Crippen molar-refractivity contribution < 1.29 is 4.74 Å². The third kappa shape index (κ3) is 3.19. The van der Waals surface area contributed by atoms with E-state index in [1.807, 2.05) is 6.92 Å². The molecule has 1 aromatic heterocycles. The molecule has 6 heteroatoms. The van der Waals surface area contributed by atoms with Crippen LogP contribution in [0.4, 0.5) is 0 Å². The topological polar surface area (TPSA) is 61.7 Å². The van der Waals surface area contributed by atoms with Gasteiger partial charge in [-0.25, -0.2) is 5.10 Å². The van der Waals surface area contributed by atoms with Crippen molar-refractivity contribution in [3.8, 4) is 17.7 Å². The van der Waals surface area contributed by atoms with Gasteiger partial charge in [0.1, 0.15) is 5.75 Å². The Morgan fingerprint density at radius 1 is 1.32 bits per heavy atom. The largest absolute Gasteiger partial charge is 0.439 e. The van der Waals surface area contributed by atoms with Gasteiger partial charge in [-0.15, -0.1) is 0 Å². The van der Waals surface area contributed by atoms with Crippen molar-refractivity contribution >= 4 is 23.2 Å². The average molecular weight is 296 g/mol. The van der Waals surface area contributed by atoms with E-state index in [1.165, 1.54) is 0 Å². The fraction of sp³-hybridized carbons (Fsp3) is 0.231. The van der Waals surface area contributed by atoms with E-state index in [0.717, 1.165) is 12.0 Å². The number of ether oxygens (including phenoxy) is 1. The van der Waals surface area contributed by atoms with E-state index >= 15 is 0 Å². The molecule has 1 N–H and O–H groups in total. The number of hydrogen-bond acceptors (Lipinski definition) is 3. The summed E-state index contributed by atoms with van der Waals surface area (Å²) in [5.74, 6) is 1.05. The second kappa shape index (κ2) is 5.96. The summed E-state index contributed by atoms with van der Waals surface area (Å²) in [7, 11) is 0. The summed E-state index contributed by atoms with van der Waals surface area (Å²) in [6.07, 6.45) is 0.969. The number of benzene rings is 1. The van der Waals surface area contributed by atoms with E-state index < -0.39 is 0 Å². The van der Waals surface area contributed by atoms with Crippen LogP contribution in [0, 0.1) is 11.3 Å². The van der Waals surface area contributed by atoms with Crippen molar-refractivity contribution in [3.05, 3.63) is 39.5 Å². The van der Waals surface area contributed by atoms with Crippen LogP contribution >= 0.6 is 23.2 Å². The van der Waals surface area contributed by atoms with E-state index in [4.69, 9.17) is 33.2 Å². The molecule has 0 atom stereocenters. The molecule has 0 amide bonds. The monoisotopic (exact) mass is 295 g/mol. The van der Waals surface area contributed by atoms with Gasteiger partial charge in [0.25, 0.3) is 0 Å². The number of halogens is 2. The van der Waals surface area contributed by atoms with Crippen molar-refractivity contribution in [1.29, 1.82) is 5.26 Å². The summed E-state index contributed by atoms with van der Waals surface area (Å²) in [6, 6.07) is 7.03. The SMILES string of the molecule is CCc1c(CC#N)n[nH]c1Oc1cc(Cl)cc(Cl)c1. The lowest BCUT2D eigenvalue weighted by atomic mass is 10.1. The third-order valence-corrected chi connectivity index (χ3v) is 3.01. The highest BCUT2D eigenvalue weighted by atomic mass is 35.5. The minimum atomic E-state index is 0.249. The molecule has 1 heterocycles. The minimum absolute atomic E-state index is 0.249. The Labute approximate surface area is 120 Å². The molecule has 0 saturated carbocycles. The molecule has 0 aliphatic rings. The predicted octanol–water partition coefficient (Wildman–Crippen LogP) is 4.14. The van der Waals surface area contributed by atoms with Gasteiger partial charge >= 0.3 is 0 Å². The quantitative estimate of drug-likeness (QED) is 0.922. The average Bonchev–Trinajstić information content (AvgIpc) is 2.70. The lowest BCUT2D eigenvalue weighted by molar-refractivity contribution is 0.456. The summed E-state index contributed by atoms with van der Waals surface area (Å²) in [6.45, 7) is 1.98. The third-order valence-electron chi connectivity index (χ3n) is 2.57. The number of nitriles is 1. The molecular formula is C13H11Cl2N3O. The van der Waals surface area contributed by atoms with E-state index in [2.05, 4.69) is 16.3 Å².